The fourth-order valence-electron chi connectivity index (χ4n) is 1.80. The summed E-state index contributed by atoms with van der Waals surface area (Å²) in [5, 5.41) is 0. The van der Waals surface area contributed by atoms with E-state index in [1.165, 1.54) is 12.1 Å². The van der Waals surface area contributed by atoms with Crippen molar-refractivity contribution in [3.05, 3.63) is 59.7 Å². The monoisotopic (exact) mass is 346 g/mol. The largest absolute Gasteiger partial charge is 0.379 e. The van der Waals surface area contributed by atoms with Crippen LogP contribution in [0.2, 0.25) is 0 Å². The maximum Gasteiger partial charge on any atom is 0.339 e. The zero-order valence-electron chi connectivity index (χ0n) is 11.4. The van der Waals surface area contributed by atoms with E-state index in [0.29, 0.717) is 11.9 Å². The predicted octanol–water partition coefficient (Wildman–Crippen LogP) is 3.90. The van der Waals surface area contributed by atoms with Gasteiger partial charge in [-0.2, -0.15) is 8.42 Å². The number of halogens is 3. The minimum Gasteiger partial charge on any atom is -0.379 e. The van der Waals surface area contributed by atoms with Gasteiger partial charge in [0.25, 0.3) is 0 Å². The standard InChI is InChI=1S/C15H13ClF2O3S/c16-9-1-2-11-3-6-13(7-4-11)22(19,20)21-12-5-8-14(17)15(18)10-12/h3-8,10H,1-2,9H2. The lowest BCUT2D eigenvalue weighted by Crippen LogP contribution is -2.10. The topological polar surface area (TPSA) is 43.4 Å². The van der Waals surface area contributed by atoms with Crippen LogP contribution in [-0.2, 0) is 16.5 Å². The van der Waals surface area contributed by atoms with E-state index in [1.54, 1.807) is 12.1 Å². The lowest BCUT2D eigenvalue weighted by atomic mass is 10.1. The number of alkyl halides is 1. The third kappa shape index (κ3) is 4.18. The van der Waals surface area contributed by atoms with Crippen LogP contribution in [0, 0.1) is 11.6 Å². The van der Waals surface area contributed by atoms with Crippen molar-refractivity contribution in [3.63, 3.8) is 0 Å². The van der Waals surface area contributed by atoms with E-state index in [9.17, 15) is 17.2 Å². The van der Waals surface area contributed by atoms with Crippen molar-refractivity contribution in [1.29, 1.82) is 0 Å². The van der Waals surface area contributed by atoms with Crippen molar-refractivity contribution < 1.29 is 21.4 Å². The molecule has 0 unspecified atom stereocenters. The lowest BCUT2D eigenvalue weighted by Gasteiger charge is -2.08. The summed E-state index contributed by atoms with van der Waals surface area (Å²) in [5.74, 6) is -2.01. The molecule has 0 N–H and O–H groups in total. The Balaban J connectivity index is 2.17. The van der Waals surface area contributed by atoms with E-state index in [1.807, 2.05) is 0 Å². The molecule has 0 spiro atoms. The van der Waals surface area contributed by atoms with E-state index in [2.05, 4.69) is 0 Å². The fraction of sp³-hybridized carbons (Fsp3) is 0.200. The highest BCUT2D eigenvalue weighted by molar-refractivity contribution is 7.87. The Labute approximate surface area is 132 Å². The summed E-state index contributed by atoms with van der Waals surface area (Å²) < 4.78 is 54.8. The number of hydrogen-bond donors (Lipinski definition) is 0. The number of rotatable bonds is 6. The van der Waals surface area contributed by atoms with Crippen LogP contribution in [0.5, 0.6) is 5.75 Å². The third-order valence-electron chi connectivity index (χ3n) is 2.91. The van der Waals surface area contributed by atoms with Crippen LogP contribution in [0.4, 0.5) is 8.78 Å². The minimum absolute atomic E-state index is 0.0631. The van der Waals surface area contributed by atoms with E-state index >= 15 is 0 Å². The highest BCUT2D eigenvalue weighted by Gasteiger charge is 2.17. The van der Waals surface area contributed by atoms with Gasteiger partial charge in [-0.1, -0.05) is 12.1 Å². The minimum atomic E-state index is -4.10. The van der Waals surface area contributed by atoms with Crippen molar-refractivity contribution in [2.24, 2.45) is 0 Å². The first-order valence-corrected chi connectivity index (χ1v) is 8.41. The Hall–Kier alpha value is -1.66. The Morgan fingerprint density at radius 3 is 2.27 bits per heavy atom. The van der Waals surface area contributed by atoms with Crippen LogP contribution >= 0.6 is 11.6 Å². The van der Waals surface area contributed by atoms with Crippen molar-refractivity contribution in [2.45, 2.75) is 17.7 Å². The second-order valence-corrected chi connectivity index (χ2v) is 6.47. The molecule has 0 radical (unpaired) electrons. The predicted molar refractivity (Wildman–Crippen MR) is 79.7 cm³/mol. The quantitative estimate of drug-likeness (QED) is 0.588. The fourth-order valence-corrected chi connectivity index (χ4v) is 2.85. The van der Waals surface area contributed by atoms with E-state index in [-0.39, 0.29) is 10.6 Å². The van der Waals surface area contributed by atoms with E-state index < -0.39 is 21.8 Å². The Morgan fingerprint density at radius 2 is 1.68 bits per heavy atom. The maximum absolute atomic E-state index is 13.1. The van der Waals surface area contributed by atoms with E-state index in [4.69, 9.17) is 15.8 Å². The average molecular weight is 347 g/mol. The van der Waals surface area contributed by atoms with Gasteiger partial charge in [0.2, 0.25) is 0 Å². The van der Waals surface area contributed by atoms with Gasteiger partial charge in [0, 0.05) is 11.9 Å². The molecule has 0 fully saturated rings. The molecule has 7 heteroatoms. The summed E-state index contributed by atoms with van der Waals surface area (Å²) in [6.07, 6.45) is 1.53. The number of hydrogen-bond acceptors (Lipinski definition) is 3. The molecule has 0 heterocycles. The van der Waals surface area contributed by atoms with Gasteiger partial charge in [0.1, 0.15) is 10.6 Å². The molecule has 22 heavy (non-hydrogen) atoms. The number of aryl methyl sites for hydroxylation is 1. The molecule has 2 aromatic carbocycles. The van der Waals surface area contributed by atoms with Crippen molar-refractivity contribution in [2.75, 3.05) is 5.88 Å². The van der Waals surface area contributed by atoms with Crippen LogP contribution in [0.3, 0.4) is 0 Å². The highest BCUT2D eigenvalue weighted by atomic mass is 35.5. The first kappa shape index (κ1) is 16.7. The summed E-state index contributed by atoms with van der Waals surface area (Å²) in [7, 11) is -4.10. The van der Waals surface area contributed by atoms with Crippen molar-refractivity contribution >= 4 is 21.7 Å². The molecular formula is C15H13ClF2O3S. The molecule has 0 saturated carbocycles. The molecular weight excluding hydrogens is 334 g/mol. The van der Waals surface area contributed by atoms with Gasteiger partial charge < -0.3 is 4.18 Å². The van der Waals surface area contributed by atoms with Crippen molar-refractivity contribution in [1.82, 2.24) is 0 Å². The normalized spacial score (nSPS) is 11.4. The SMILES string of the molecule is O=S(=O)(Oc1ccc(F)c(F)c1)c1ccc(CCCCl)cc1. The first-order valence-electron chi connectivity index (χ1n) is 6.47. The molecule has 118 valence electrons. The first-order chi connectivity index (χ1) is 10.4. The number of benzene rings is 2. The summed E-state index contributed by atoms with van der Waals surface area (Å²) in [6.45, 7) is 0. The summed E-state index contributed by atoms with van der Waals surface area (Å²) >= 11 is 5.60. The average Bonchev–Trinajstić information content (AvgIpc) is 2.49. The molecule has 0 aromatic heterocycles. The molecule has 0 aliphatic carbocycles. The molecule has 0 aliphatic rings. The van der Waals surface area contributed by atoms with Gasteiger partial charge in [0.15, 0.2) is 11.6 Å². The van der Waals surface area contributed by atoms with Gasteiger partial charge in [0.05, 0.1) is 0 Å². The Kier molecular flexibility index (Phi) is 5.37. The molecule has 2 aromatic rings. The van der Waals surface area contributed by atoms with E-state index in [0.717, 1.165) is 30.5 Å². The molecule has 0 saturated heterocycles. The van der Waals surface area contributed by atoms with Gasteiger partial charge in [-0.15, -0.1) is 11.6 Å². The van der Waals surface area contributed by atoms with Gasteiger partial charge in [-0.05, 0) is 42.7 Å². The second-order valence-electron chi connectivity index (χ2n) is 4.55. The molecule has 0 atom stereocenters. The van der Waals surface area contributed by atoms with Gasteiger partial charge in [-0.3, -0.25) is 0 Å². The van der Waals surface area contributed by atoms with Crippen LogP contribution in [0.15, 0.2) is 47.4 Å². The molecule has 0 amide bonds. The van der Waals surface area contributed by atoms with Crippen LogP contribution in [0.1, 0.15) is 12.0 Å². The van der Waals surface area contributed by atoms with Gasteiger partial charge in [-0.25, -0.2) is 8.78 Å². The van der Waals surface area contributed by atoms with Crippen LogP contribution in [-0.4, -0.2) is 14.3 Å². The smallest absolute Gasteiger partial charge is 0.339 e. The lowest BCUT2D eigenvalue weighted by molar-refractivity contribution is 0.472. The summed E-state index contributed by atoms with van der Waals surface area (Å²) in [5.41, 5.74) is 0.951. The van der Waals surface area contributed by atoms with Gasteiger partial charge >= 0.3 is 10.1 Å². The highest BCUT2D eigenvalue weighted by Crippen LogP contribution is 2.21. The molecule has 0 bridgehead atoms. The third-order valence-corrected chi connectivity index (χ3v) is 4.44. The zero-order chi connectivity index (χ0) is 16.2. The maximum atomic E-state index is 13.1. The Morgan fingerprint density at radius 1 is 1.00 bits per heavy atom. The molecule has 3 nitrogen and oxygen atoms in total. The zero-order valence-corrected chi connectivity index (χ0v) is 13.0. The summed E-state index contributed by atoms with van der Waals surface area (Å²) in [4.78, 5) is -0.0631. The second kappa shape index (κ2) is 7.07. The van der Waals surface area contributed by atoms with Crippen LogP contribution in [0.25, 0.3) is 0 Å². The van der Waals surface area contributed by atoms with Crippen molar-refractivity contribution in [3.8, 4) is 5.75 Å². The van der Waals surface area contributed by atoms with Crippen LogP contribution < -0.4 is 4.18 Å². The Bertz CT molecular complexity index is 746. The summed E-state index contributed by atoms with van der Waals surface area (Å²) in [6, 6.07) is 8.65. The molecule has 2 rings (SSSR count). The molecule has 0 aliphatic heterocycles.